The Morgan fingerprint density at radius 2 is 1.74 bits per heavy atom. The lowest BCUT2D eigenvalue weighted by Crippen LogP contribution is -2.22. The molecule has 0 saturated heterocycles. The van der Waals surface area contributed by atoms with Crippen molar-refractivity contribution in [3.63, 3.8) is 0 Å². The highest BCUT2D eigenvalue weighted by Gasteiger charge is 2.39. The Balaban J connectivity index is 1.58. The van der Waals surface area contributed by atoms with Gasteiger partial charge in [0.05, 0.1) is 33.3 Å². The molecule has 0 aliphatic carbocycles. The molecular formula is C29H24O9. The van der Waals surface area contributed by atoms with E-state index in [4.69, 9.17) is 23.7 Å². The van der Waals surface area contributed by atoms with E-state index in [-0.39, 0.29) is 24.6 Å². The fourth-order valence-corrected chi connectivity index (χ4v) is 4.63. The van der Waals surface area contributed by atoms with E-state index in [1.165, 1.54) is 21.3 Å². The molecule has 9 heteroatoms. The van der Waals surface area contributed by atoms with Gasteiger partial charge in [0.2, 0.25) is 5.78 Å². The minimum atomic E-state index is -0.548. The second-order valence-corrected chi connectivity index (χ2v) is 8.51. The lowest BCUT2D eigenvalue weighted by molar-refractivity contribution is -0.143. The fraction of sp³-hybridized carbons (Fsp3) is 0.207. The van der Waals surface area contributed by atoms with Crippen LogP contribution in [0.25, 0.3) is 6.08 Å². The number of Topliss-reactive ketones (excluding diaryl/α,β-unsaturated/α-hetero) is 1. The Kier molecular flexibility index (Phi) is 6.74. The van der Waals surface area contributed by atoms with E-state index in [0.717, 1.165) is 0 Å². The molecule has 3 aromatic carbocycles. The van der Waals surface area contributed by atoms with Gasteiger partial charge >= 0.3 is 11.9 Å². The van der Waals surface area contributed by atoms with Crippen molar-refractivity contribution in [3.05, 3.63) is 82.6 Å². The van der Waals surface area contributed by atoms with Crippen molar-refractivity contribution in [1.29, 1.82) is 0 Å². The molecule has 0 spiro atoms. The average molecular weight is 517 g/mol. The lowest BCUT2D eigenvalue weighted by Gasteiger charge is -2.27. The zero-order chi connectivity index (χ0) is 26.8. The molecule has 0 fully saturated rings. The third-order valence-corrected chi connectivity index (χ3v) is 6.37. The number of para-hydroxylation sites is 2. The maximum Gasteiger partial charge on any atom is 0.343 e. The molecule has 2 aliphatic heterocycles. The van der Waals surface area contributed by atoms with Gasteiger partial charge in [-0.3, -0.25) is 9.59 Å². The molecule has 3 aromatic rings. The van der Waals surface area contributed by atoms with Gasteiger partial charge in [0.1, 0.15) is 17.2 Å². The quantitative estimate of drug-likeness (QED) is 0.258. The SMILES string of the molecule is COC(=O)COc1ccccc1[C@@H]1CC(=O)Oc2ccc3c(c21)O/C(=C\c1cccc(OC)c1OC)C3=O. The molecule has 0 amide bonds. The fourth-order valence-electron chi connectivity index (χ4n) is 4.63. The van der Waals surface area contributed by atoms with Gasteiger partial charge in [-0.25, -0.2) is 4.79 Å². The molecule has 0 N–H and O–H groups in total. The Bertz CT molecular complexity index is 1470. The van der Waals surface area contributed by atoms with Crippen LogP contribution in [0.1, 0.15) is 39.4 Å². The molecule has 0 unspecified atom stereocenters. The Hall–Kier alpha value is -4.79. The van der Waals surface area contributed by atoms with Crippen LogP contribution in [0.2, 0.25) is 0 Å². The summed E-state index contributed by atoms with van der Waals surface area (Å²) in [6.07, 6.45) is 1.58. The van der Waals surface area contributed by atoms with E-state index in [1.54, 1.807) is 60.7 Å². The van der Waals surface area contributed by atoms with Gasteiger partial charge in [-0.1, -0.05) is 30.3 Å². The summed E-state index contributed by atoms with van der Waals surface area (Å²) < 4.78 is 32.9. The monoisotopic (exact) mass is 516 g/mol. The molecule has 0 radical (unpaired) electrons. The van der Waals surface area contributed by atoms with Crippen molar-refractivity contribution in [2.24, 2.45) is 0 Å². The van der Waals surface area contributed by atoms with Crippen molar-refractivity contribution < 1.29 is 42.8 Å². The average Bonchev–Trinajstić information content (AvgIpc) is 3.25. The predicted molar refractivity (Wildman–Crippen MR) is 135 cm³/mol. The first-order valence-electron chi connectivity index (χ1n) is 11.8. The third-order valence-electron chi connectivity index (χ3n) is 6.37. The van der Waals surface area contributed by atoms with Gasteiger partial charge in [-0.05, 0) is 30.3 Å². The van der Waals surface area contributed by atoms with E-state index in [0.29, 0.717) is 51.0 Å². The number of ketones is 1. The summed E-state index contributed by atoms with van der Waals surface area (Å²) in [4.78, 5) is 37.6. The second kappa shape index (κ2) is 10.3. The van der Waals surface area contributed by atoms with Crippen LogP contribution in [0.15, 0.2) is 60.4 Å². The standard InChI is InChI=1S/C29H24O9/c1-33-22-10-6-7-16(28(22)35-3)13-23-27(32)18-11-12-21-26(29(18)38-23)19(14-24(30)37-21)17-8-4-5-9-20(17)36-15-25(31)34-2/h4-13,19H,14-15H2,1-3H3/b23-13-/t19-/m0/s1. The van der Waals surface area contributed by atoms with E-state index in [9.17, 15) is 14.4 Å². The highest BCUT2D eigenvalue weighted by Crippen LogP contribution is 2.50. The van der Waals surface area contributed by atoms with Crippen molar-refractivity contribution in [1.82, 2.24) is 0 Å². The van der Waals surface area contributed by atoms with E-state index < -0.39 is 17.9 Å². The maximum atomic E-state index is 13.4. The Labute approximate surface area is 218 Å². The summed E-state index contributed by atoms with van der Waals surface area (Å²) in [6.45, 7) is -0.297. The maximum absolute atomic E-state index is 13.4. The summed E-state index contributed by atoms with van der Waals surface area (Å²) in [5.74, 6) is 0.215. The van der Waals surface area contributed by atoms with Gasteiger partial charge in [0, 0.05) is 22.6 Å². The number of benzene rings is 3. The molecule has 9 nitrogen and oxygen atoms in total. The number of allylic oxidation sites excluding steroid dienone is 1. The second-order valence-electron chi connectivity index (χ2n) is 8.51. The number of carbonyl (C=O) groups excluding carboxylic acids is 3. The van der Waals surface area contributed by atoms with Crippen LogP contribution in [0, 0.1) is 0 Å². The molecule has 38 heavy (non-hydrogen) atoms. The largest absolute Gasteiger partial charge is 0.493 e. The number of rotatable bonds is 7. The summed E-state index contributed by atoms with van der Waals surface area (Å²) >= 11 is 0. The van der Waals surface area contributed by atoms with E-state index in [2.05, 4.69) is 4.74 Å². The van der Waals surface area contributed by atoms with Gasteiger partial charge in [0.15, 0.2) is 23.9 Å². The first kappa shape index (κ1) is 24.9. The van der Waals surface area contributed by atoms with Crippen molar-refractivity contribution in [3.8, 4) is 28.7 Å². The summed E-state index contributed by atoms with van der Waals surface area (Å²) in [5, 5.41) is 0. The van der Waals surface area contributed by atoms with E-state index >= 15 is 0 Å². The number of methoxy groups -OCH3 is 3. The van der Waals surface area contributed by atoms with Gasteiger partial charge < -0.3 is 28.4 Å². The summed E-state index contributed by atoms with van der Waals surface area (Å²) in [7, 11) is 4.32. The van der Waals surface area contributed by atoms with Crippen LogP contribution < -0.4 is 23.7 Å². The number of esters is 2. The van der Waals surface area contributed by atoms with Crippen LogP contribution in [-0.4, -0.2) is 45.7 Å². The Morgan fingerprint density at radius 1 is 0.947 bits per heavy atom. The predicted octanol–water partition coefficient (Wildman–Crippen LogP) is 4.31. The minimum absolute atomic E-state index is 0.0116. The zero-order valence-corrected chi connectivity index (χ0v) is 20.9. The third kappa shape index (κ3) is 4.43. The summed E-state index contributed by atoms with van der Waals surface area (Å²) in [6, 6.07) is 15.5. The van der Waals surface area contributed by atoms with Gasteiger partial charge in [0.25, 0.3) is 0 Å². The van der Waals surface area contributed by atoms with E-state index in [1.807, 2.05) is 0 Å². The lowest BCUT2D eigenvalue weighted by atomic mass is 9.84. The highest BCUT2D eigenvalue weighted by molar-refractivity contribution is 6.15. The number of fused-ring (bicyclic) bond motifs is 3. The smallest absolute Gasteiger partial charge is 0.343 e. The first-order valence-corrected chi connectivity index (χ1v) is 11.8. The molecule has 194 valence electrons. The van der Waals surface area contributed by atoms with Crippen molar-refractivity contribution in [2.75, 3.05) is 27.9 Å². The molecule has 2 heterocycles. The molecule has 0 saturated carbocycles. The van der Waals surface area contributed by atoms with Crippen LogP contribution in [-0.2, 0) is 14.3 Å². The first-order chi connectivity index (χ1) is 18.4. The Morgan fingerprint density at radius 3 is 2.50 bits per heavy atom. The number of hydrogen-bond acceptors (Lipinski definition) is 9. The van der Waals surface area contributed by atoms with Gasteiger partial charge in [-0.15, -0.1) is 0 Å². The molecule has 1 atom stereocenters. The molecule has 2 aliphatic rings. The van der Waals surface area contributed by atoms with Crippen molar-refractivity contribution in [2.45, 2.75) is 12.3 Å². The van der Waals surface area contributed by atoms with Crippen LogP contribution in [0.3, 0.4) is 0 Å². The number of carbonyl (C=O) groups is 3. The zero-order valence-electron chi connectivity index (χ0n) is 20.9. The van der Waals surface area contributed by atoms with Crippen molar-refractivity contribution >= 4 is 23.8 Å². The molecule has 5 rings (SSSR count). The van der Waals surface area contributed by atoms with Crippen LogP contribution in [0.5, 0.6) is 28.7 Å². The molecular weight excluding hydrogens is 492 g/mol. The molecule has 0 aromatic heterocycles. The summed E-state index contributed by atoms with van der Waals surface area (Å²) in [5.41, 5.74) is 2.13. The topological polar surface area (TPSA) is 107 Å². The number of ether oxygens (including phenoxy) is 6. The molecule has 0 bridgehead atoms. The van der Waals surface area contributed by atoms with Crippen LogP contribution in [0.4, 0.5) is 0 Å². The van der Waals surface area contributed by atoms with Gasteiger partial charge in [-0.2, -0.15) is 0 Å². The van der Waals surface area contributed by atoms with Crippen LogP contribution >= 0.6 is 0 Å². The highest BCUT2D eigenvalue weighted by atomic mass is 16.6. The minimum Gasteiger partial charge on any atom is -0.493 e. The normalized spacial score (nSPS) is 16.7. The number of hydrogen-bond donors (Lipinski definition) is 0.